The number of esters is 6. The molecule has 0 saturated heterocycles. The van der Waals surface area contributed by atoms with Crippen molar-refractivity contribution in [3.63, 3.8) is 0 Å². The van der Waals surface area contributed by atoms with Crippen LogP contribution in [0.2, 0.25) is 0 Å². The molecule has 0 radical (unpaired) electrons. The minimum absolute atomic E-state index is 0.00231. The first-order valence-electron chi connectivity index (χ1n) is 23.1. The average molecular weight is 1030 g/mol. The lowest BCUT2D eigenvalue weighted by atomic mass is 10.2. The molecule has 6 aliphatic rings. The summed E-state index contributed by atoms with van der Waals surface area (Å²) in [5.74, 6) is -1.18. The van der Waals surface area contributed by atoms with Gasteiger partial charge in [-0.3, -0.25) is 0 Å². The van der Waals surface area contributed by atoms with E-state index >= 15 is 0 Å². The van der Waals surface area contributed by atoms with Gasteiger partial charge in [0, 0.05) is 53.4 Å². The molecular weight excluding hydrogens is 957 g/mol. The zero-order valence-corrected chi connectivity index (χ0v) is 44.5. The van der Waals surface area contributed by atoms with Crippen molar-refractivity contribution >= 4 is 35.8 Å². The third kappa shape index (κ3) is 29.7. The molecule has 4 aromatic heterocycles. The van der Waals surface area contributed by atoms with Crippen molar-refractivity contribution in [2.45, 2.75) is 121 Å². The summed E-state index contributed by atoms with van der Waals surface area (Å²) in [6.07, 6.45) is 21.5. The Balaban J connectivity index is 0.000000412. The number of cyclic esters (lactones) is 6. The molecule has 10 heterocycles. The quantitative estimate of drug-likeness (QED) is 0.118. The van der Waals surface area contributed by atoms with Crippen LogP contribution in [0.5, 0.6) is 0 Å². The molecule has 0 N–H and O–H groups in total. The van der Waals surface area contributed by atoms with Gasteiger partial charge in [-0.1, -0.05) is 0 Å². The molecule has 0 saturated carbocycles. The Morgan fingerprint density at radius 3 is 1.09 bits per heavy atom. The zero-order chi connectivity index (χ0) is 55.8. The van der Waals surface area contributed by atoms with E-state index in [1.54, 1.807) is 70.2 Å². The molecule has 0 aliphatic carbocycles. The molecule has 0 fully saturated rings. The zero-order valence-electron chi connectivity index (χ0n) is 44.5. The summed E-state index contributed by atoms with van der Waals surface area (Å²) >= 11 is 0. The molecule has 10 rings (SSSR count). The summed E-state index contributed by atoms with van der Waals surface area (Å²) in [5, 5.41) is 14.5. The van der Waals surface area contributed by atoms with Gasteiger partial charge in [0.15, 0.2) is 0 Å². The van der Waals surface area contributed by atoms with Gasteiger partial charge in [0.05, 0.1) is 31.2 Å². The van der Waals surface area contributed by atoms with Gasteiger partial charge in [-0.25, -0.2) is 33.6 Å². The summed E-state index contributed by atoms with van der Waals surface area (Å²) in [6.45, 7) is 27.1. The number of furan rings is 1. The summed E-state index contributed by atoms with van der Waals surface area (Å²) in [6, 6.07) is 8.85. The highest BCUT2D eigenvalue weighted by molar-refractivity contribution is 5.91. The van der Waals surface area contributed by atoms with Gasteiger partial charge in [-0.2, -0.15) is 20.4 Å². The van der Waals surface area contributed by atoms with Crippen LogP contribution in [0.25, 0.3) is 0 Å². The Morgan fingerprint density at radius 1 is 0.473 bits per heavy atom. The summed E-state index contributed by atoms with van der Waals surface area (Å²) in [4.78, 5) is 72.4. The second kappa shape index (κ2) is 34.9. The Kier molecular flexibility index (Phi) is 30.0. The Morgan fingerprint density at radius 2 is 0.959 bits per heavy atom. The molecule has 0 amide bonds. The van der Waals surface area contributed by atoms with Gasteiger partial charge in [0.1, 0.15) is 37.6 Å². The minimum Gasteiger partial charge on any atom is -0.472 e. The van der Waals surface area contributed by atoms with E-state index in [-0.39, 0.29) is 65.9 Å². The summed E-state index contributed by atoms with van der Waals surface area (Å²) in [7, 11) is 0. The number of hydrogen-bond acceptors (Lipinski definition) is 19. The van der Waals surface area contributed by atoms with Crippen LogP contribution in [0.4, 0.5) is 0 Å². The van der Waals surface area contributed by atoms with Crippen LogP contribution in [-0.4, -0.2) is 93.8 Å². The number of nitrogens with zero attached hydrogens (tertiary/aromatic N) is 4. The molecule has 398 valence electrons. The van der Waals surface area contributed by atoms with Crippen LogP contribution in [0.15, 0.2) is 157 Å². The number of carbonyl (C=O) groups is 6. The number of hydrogen-bond donors (Lipinski definition) is 0. The van der Waals surface area contributed by atoms with Crippen molar-refractivity contribution in [3.8, 4) is 0 Å². The molecule has 4 aromatic rings. The SMILES string of the molecule is CC1=CC(=O)OC1.CC1=CC(=O)O[C@@H]1C.CC1=CC(=O)O[C@H]1C.CC1=CCOC1=O.CC1=C[C@@H](C)OC1=O.CC1=C[C@H](C)OC1=O.Cc1ccc(=O)oc1.Cc1ccnnc1.Cc1ccnnc1.Cc1ccoc1. The van der Waals surface area contributed by atoms with Gasteiger partial charge < -0.3 is 37.3 Å². The van der Waals surface area contributed by atoms with Gasteiger partial charge in [0.25, 0.3) is 0 Å². The lowest BCUT2D eigenvalue weighted by molar-refractivity contribution is -0.139. The maximum Gasteiger partial charge on any atom is 0.335 e. The molecule has 0 spiro atoms. The van der Waals surface area contributed by atoms with E-state index in [0.717, 1.165) is 50.1 Å². The average Bonchev–Trinajstić information content (AvgIpc) is 4.24. The van der Waals surface area contributed by atoms with E-state index in [1.807, 2.05) is 107 Å². The highest BCUT2D eigenvalue weighted by Gasteiger charge is 2.19. The van der Waals surface area contributed by atoms with E-state index in [2.05, 4.69) is 34.3 Å². The Labute approximate surface area is 432 Å². The van der Waals surface area contributed by atoms with Crippen LogP contribution in [0.1, 0.15) is 91.5 Å². The van der Waals surface area contributed by atoms with Crippen molar-refractivity contribution < 1.29 is 66.0 Å². The van der Waals surface area contributed by atoms with E-state index < -0.39 is 0 Å². The molecule has 19 nitrogen and oxygen atoms in total. The predicted octanol–water partition coefficient (Wildman–Crippen LogP) is 8.60. The third-order valence-corrected chi connectivity index (χ3v) is 9.46. The van der Waals surface area contributed by atoms with Gasteiger partial charge in [-0.15, -0.1) is 0 Å². The fourth-order valence-corrected chi connectivity index (χ4v) is 5.02. The van der Waals surface area contributed by atoms with Crippen LogP contribution < -0.4 is 5.63 Å². The first-order chi connectivity index (χ1) is 34.9. The summed E-state index contributed by atoms with van der Waals surface area (Å²) < 4.78 is 37.3. The largest absolute Gasteiger partial charge is 0.472 e. The van der Waals surface area contributed by atoms with Crippen LogP contribution in [-0.2, 0) is 57.2 Å². The third-order valence-electron chi connectivity index (χ3n) is 9.46. The molecule has 4 atom stereocenters. The Bertz CT molecular complexity index is 2540. The van der Waals surface area contributed by atoms with Gasteiger partial charge in [0.2, 0.25) is 0 Å². The minimum atomic E-state index is -0.296. The molecule has 74 heavy (non-hydrogen) atoms. The lowest BCUT2D eigenvalue weighted by Gasteiger charge is -2.00. The standard InChI is InChI=1S/4C6H8O2.C6H6O2.2C5H6N2.2C5H6O2.C5H6O/c2*1-4-3-6(7)8-5(4)2;2*1-4-3-5(2)8-6(4)7;1-5-2-3-6(7)8-4-5;2*1-5-2-3-6-7-4-5;1-4-2-5(6)7-3-4;1-4-2-3-7-5(4)6;1-5-2-3-6-4-5/h4*3,5H,1-2H3;2-4H,1H3;2*2-4H,1H3;2*2H,3H2,1H3;2-4H,1H3/t4*5-;;;;;;/m1010....../s1. The van der Waals surface area contributed by atoms with Crippen LogP contribution >= 0.6 is 0 Å². The smallest absolute Gasteiger partial charge is 0.335 e. The first-order valence-corrected chi connectivity index (χ1v) is 23.1. The van der Waals surface area contributed by atoms with Crippen molar-refractivity contribution in [2.75, 3.05) is 13.2 Å². The molecule has 6 aliphatic heterocycles. The highest BCUT2D eigenvalue weighted by Crippen LogP contribution is 2.14. The van der Waals surface area contributed by atoms with Crippen molar-refractivity contribution in [3.05, 3.63) is 176 Å². The maximum atomic E-state index is 10.5. The van der Waals surface area contributed by atoms with E-state index in [4.69, 9.17) is 23.4 Å². The van der Waals surface area contributed by atoms with E-state index in [1.165, 1.54) is 36.1 Å². The fraction of sp³-hybridized carbons (Fsp3) is 0.364. The number of rotatable bonds is 0. The number of aromatic nitrogens is 4. The fourth-order valence-electron chi connectivity index (χ4n) is 5.02. The topological polar surface area (TPSA) is 253 Å². The van der Waals surface area contributed by atoms with Gasteiger partial charge >= 0.3 is 41.4 Å². The van der Waals surface area contributed by atoms with Crippen molar-refractivity contribution in [1.29, 1.82) is 0 Å². The maximum absolute atomic E-state index is 10.5. The Hall–Kier alpha value is -8.35. The second-order valence-electron chi connectivity index (χ2n) is 16.7. The second-order valence-corrected chi connectivity index (χ2v) is 16.7. The van der Waals surface area contributed by atoms with Crippen LogP contribution in [0.3, 0.4) is 0 Å². The molecular formula is C55H68N4O15. The first kappa shape index (κ1) is 63.7. The van der Waals surface area contributed by atoms with Crippen molar-refractivity contribution in [2.24, 2.45) is 0 Å². The van der Waals surface area contributed by atoms with E-state index in [9.17, 15) is 33.6 Å². The van der Waals surface area contributed by atoms with E-state index in [0.29, 0.717) is 13.2 Å². The normalized spacial score (nSPS) is 18.8. The number of aryl methyl sites for hydroxylation is 4. The molecule has 0 aromatic carbocycles. The van der Waals surface area contributed by atoms with Crippen molar-refractivity contribution in [1.82, 2.24) is 20.4 Å². The van der Waals surface area contributed by atoms with Crippen LogP contribution in [0, 0.1) is 27.7 Å². The van der Waals surface area contributed by atoms with Gasteiger partial charge in [-0.05, 0) is 178 Å². The monoisotopic (exact) mass is 1020 g/mol. The number of carbonyl (C=O) groups excluding carboxylic acids is 6. The molecule has 0 bridgehead atoms. The molecule has 0 unspecified atom stereocenters. The number of ether oxygens (including phenoxy) is 6. The molecule has 19 heteroatoms. The predicted molar refractivity (Wildman–Crippen MR) is 273 cm³/mol. The highest BCUT2D eigenvalue weighted by atomic mass is 16.6. The lowest BCUT2D eigenvalue weighted by Crippen LogP contribution is -2.03. The summed E-state index contributed by atoms with van der Waals surface area (Å²) in [5.41, 5.74) is 9.32.